The summed E-state index contributed by atoms with van der Waals surface area (Å²) in [5, 5.41) is 6.29. The number of nitrogens with zero attached hydrogens (tertiary/aromatic N) is 1. The van der Waals surface area contributed by atoms with Crippen LogP contribution in [0.15, 0.2) is 84.0 Å². The van der Waals surface area contributed by atoms with Gasteiger partial charge in [-0.25, -0.2) is 10.2 Å². The third-order valence-electron chi connectivity index (χ3n) is 4.47. The van der Waals surface area contributed by atoms with Crippen LogP contribution in [0.1, 0.15) is 16.7 Å². The highest BCUT2D eigenvalue weighted by Crippen LogP contribution is 2.27. The molecule has 2 N–H and O–H groups in total. The number of anilines is 1. The minimum absolute atomic E-state index is 0.226. The van der Waals surface area contributed by atoms with E-state index in [-0.39, 0.29) is 5.75 Å². The molecule has 0 spiro atoms. The molecule has 0 aromatic heterocycles. The number of amides is 2. The molecule has 0 atom stereocenters. The van der Waals surface area contributed by atoms with Gasteiger partial charge >= 0.3 is 17.8 Å². The largest absolute Gasteiger partial charge is 0.493 e. The van der Waals surface area contributed by atoms with Gasteiger partial charge in [-0.1, -0.05) is 42.5 Å². The summed E-state index contributed by atoms with van der Waals surface area (Å²) in [5.41, 5.74) is 5.05. The van der Waals surface area contributed by atoms with Crippen LogP contribution in [0.3, 0.4) is 0 Å². The molecule has 0 heterocycles. The number of aryl methyl sites for hydroxylation is 1. The minimum atomic E-state index is -0.916. The summed E-state index contributed by atoms with van der Waals surface area (Å²) in [4.78, 5) is 36.1. The molecule has 3 aromatic rings. The molecule has 34 heavy (non-hydrogen) atoms. The van der Waals surface area contributed by atoms with Crippen LogP contribution in [-0.2, 0) is 14.4 Å². The fraction of sp³-hybridized carbons (Fsp3) is 0.0769. The first-order chi connectivity index (χ1) is 16.4. The van der Waals surface area contributed by atoms with Crippen LogP contribution < -0.4 is 20.2 Å². The van der Waals surface area contributed by atoms with Crippen molar-refractivity contribution in [2.24, 2.45) is 5.10 Å². The number of hydrogen-bond acceptors (Lipinski definition) is 6. The van der Waals surface area contributed by atoms with E-state index < -0.39 is 17.8 Å². The van der Waals surface area contributed by atoms with Gasteiger partial charge in [0.05, 0.1) is 13.3 Å². The molecule has 0 aliphatic carbocycles. The molecule has 3 rings (SSSR count). The standard InChI is InChI=1S/C26H23N3O5/c1-18-7-6-10-21(15-18)28-25(31)26(32)29-27-17-20-11-13-22(23(16-20)33-2)34-24(30)14-12-19-8-4-3-5-9-19/h3-17H,1-2H3,(H,28,31)(H,29,32)/b14-12+,27-17-. The number of hydrazone groups is 1. The van der Waals surface area contributed by atoms with E-state index >= 15 is 0 Å². The number of ether oxygens (including phenoxy) is 2. The van der Waals surface area contributed by atoms with E-state index in [2.05, 4.69) is 15.8 Å². The van der Waals surface area contributed by atoms with Gasteiger partial charge in [0.1, 0.15) is 0 Å². The van der Waals surface area contributed by atoms with Crippen molar-refractivity contribution in [1.82, 2.24) is 5.43 Å². The van der Waals surface area contributed by atoms with Crippen LogP contribution in [0, 0.1) is 6.92 Å². The molecular weight excluding hydrogens is 434 g/mol. The summed E-state index contributed by atoms with van der Waals surface area (Å²) in [6.07, 6.45) is 4.30. The maximum atomic E-state index is 12.1. The van der Waals surface area contributed by atoms with Crippen LogP contribution in [-0.4, -0.2) is 31.1 Å². The lowest BCUT2D eigenvalue weighted by Gasteiger charge is -2.08. The quantitative estimate of drug-likeness (QED) is 0.141. The first kappa shape index (κ1) is 23.9. The molecule has 172 valence electrons. The van der Waals surface area contributed by atoms with Crippen LogP contribution in [0.25, 0.3) is 6.08 Å². The van der Waals surface area contributed by atoms with Gasteiger partial charge in [0, 0.05) is 11.8 Å². The highest BCUT2D eigenvalue weighted by molar-refractivity contribution is 6.39. The Morgan fingerprint density at radius 1 is 0.853 bits per heavy atom. The van der Waals surface area contributed by atoms with Crippen molar-refractivity contribution in [1.29, 1.82) is 0 Å². The number of carbonyl (C=O) groups excluding carboxylic acids is 3. The average Bonchev–Trinajstić information content (AvgIpc) is 2.84. The summed E-state index contributed by atoms with van der Waals surface area (Å²) in [5.74, 6) is -1.79. The lowest BCUT2D eigenvalue weighted by Crippen LogP contribution is -2.32. The zero-order chi connectivity index (χ0) is 24.3. The van der Waals surface area contributed by atoms with Crippen molar-refractivity contribution < 1.29 is 23.9 Å². The monoisotopic (exact) mass is 457 g/mol. The Bertz CT molecular complexity index is 1240. The summed E-state index contributed by atoms with van der Waals surface area (Å²) < 4.78 is 10.6. The molecule has 0 saturated heterocycles. The number of esters is 1. The molecule has 8 nitrogen and oxygen atoms in total. The summed E-state index contributed by atoms with van der Waals surface area (Å²) in [6.45, 7) is 1.88. The Morgan fingerprint density at radius 2 is 1.65 bits per heavy atom. The van der Waals surface area contributed by atoms with Crippen molar-refractivity contribution >= 4 is 35.8 Å². The smallest absolute Gasteiger partial charge is 0.336 e. The summed E-state index contributed by atoms with van der Waals surface area (Å²) in [7, 11) is 1.44. The van der Waals surface area contributed by atoms with Crippen molar-refractivity contribution in [3.63, 3.8) is 0 Å². The normalized spacial score (nSPS) is 10.8. The van der Waals surface area contributed by atoms with Gasteiger partial charge in [-0.2, -0.15) is 5.10 Å². The molecule has 0 aliphatic rings. The van der Waals surface area contributed by atoms with Crippen LogP contribution in [0.2, 0.25) is 0 Å². The highest BCUT2D eigenvalue weighted by atomic mass is 16.6. The van der Waals surface area contributed by atoms with Crippen molar-refractivity contribution in [2.45, 2.75) is 6.92 Å². The predicted octanol–water partition coefficient (Wildman–Crippen LogP) is 3.71. The highest BCUT2D eigenvalue weighted by Gasteiger charge is 2.13. The SMILES string of the molecule is COc1cc(/C=N\NC(=O)C(=O)Nc2cccc(C)c2)ccc1OC(=O)/C=C/c1ccccc1. The Hall–Kier alpha value is -4.72. The topological polar surface area (TPSA) is 106 Å². The zero-order valence-electron chi connectivity index (χ0n) is 18.6. The van der Waals surface area contributed by atoms with E-state index in [0.717, 1.165) is 11.1 Å². The molecule has 0 aliphatic heterocycles. The third-order valence-corrected chi connectivity index (χ3v) is 4.47. The second kappa shape index (κ2) is 11.8. The van der Waals surface area contributed by atoms with Crippen molar-refractivity contribution in [3.8, 4) is 11.5 Å². The van der Waals surface area contributed by atoms with Crippen LogP contribution in [0.5, 0.6) is 11.5 Å². The molecule has 3 aromatic carbocycles. The fourth-order valence-corrected chi connectivity index (χ4v) is 2.85. The number of nitrogens with one attached hydrogen (secondary N) is 2. The van der Waals surface area contributed by atoms with E-state index in [1.54, 1.807) is 42.5 Å². The molecule has 0 bridgehead atoms. The second-order valence-corrected chi connectivity index (χ2v) is 7.10. The fourth-order valence-electron chi connectivity index (χ4n) is 2.85. The number of hydrogen-bond donors (Lipinski definition) is 2. The van der Waals surface area contributed by atoms with E-state index in [1.165, 1.54) is 19.4 Å². The van der Waals surface area contributed by atoms with Gasteiger partial charge in [-0.05, 0) is 60.0 Å². The van der Waals surface area contributed by atoms with Gasteiger partial charge in [0.25, 0.3) is 0 Å². The molecule has 0 radical (unpaired) electrons. The van der Waals surface area contributed by atoms with Crippen molar-refractivity contribution in [2.75, 3.05) is 12.4 Å². The summed E-state index contributed by atoms with van der Waals surface area (Å²) in [6, 6.07) is 21.2. The maximum absolute atomic E-state index is 12.1. The van der Waals surface area contributed by atoms with Crippen molar-refractivity contribution in [3.05, 3.63) is 95.6 Å². The lowest BCUT2D eigenvalue weighted by atomic mass is 10.2. The first-order valence-electron chi connectivity index (χ1n) is 10.3. The van der Waals surface area contributed by atoms with Crippen LogP contribution in [0.4, 0.5) is 5.69 Å². The average molecular weight is 457 g/mol. The Morgan fingerprint density at radius 3 is 2.38 bits per heavy atom. The molecular formula is C26H23N3O5. The lowest BCUT2D eigenvalue weighted by molar-refractivity contribution is -0.136. The van der Waals surface area contributed by atoms with Gasteiger partial charge in [-0.15, -0.1) is 0 Å². The van der Waals surface area contributed by atoms with Gasteiger partial charge in [0.2, 0.25) is 0 Å². The van der Waals surface area contributed by atoms with E-state index in [1.807, 2.05) is 43.3 Å². The molecule has 8 heteroatoms. The second-order valence-electron chi connectivity index (χ2n) is 7.10. The number of carbonyl (C=O) groups is 3. The van der Waals surface area contributed by atoms with Crippen LogP contribution >= 0.6 is 0 Å². The maximum Gasteiger partial charge on any atom is 0.336 e. The molecule has 0 unspecified atom stereocenters. The molecule has 2 amide bonds. The number of benzene rings is 3. The first-order valence-corrected chi connectivity index (χ1v) is 10.3. The third kappa shape index (κ3) is 7.16. The van der Waals surface area contributed by atoms with Gasteiger partial charge in [-0.3, -0.25) is 9.59 Å². The number of rotatable bonds is 7. The zero-order valence-corrected chi connectivity index (χ0v) is 18.6. The van der Waals surface area contributed by atoms with Gasteiger partial charge < -0.3 is 14.8 Å². The molecule has 0 fully saturated rings. The van der Waals surface area contributed by atoms with E-state index in [9.17, 15) is 14.4 Å². The predicted molar refractivity (Wildman–Crippen MR) is 130 cm³/mol. The Labute approximate surface area is 196 Å². The Balaban J connectivity index is 1.57. The van der Waals surface area contributed by atoms with Gasteiger partial charge in [0.15, 0.2) is 11.5 Å². The van der Waals surface area contributed by atoms with E-state index in [0.29, 0.717) is 17.0 Å². The summed E-state index contributed by atoms with van der Waals surface area (Å²) >= 11 is 0. The number of methoxy groups -OCH3 is 1. The van der Waals surface area contributed by atoms with E-state index in [4.69, 9.17) is 9.47 Å². The Kier molecular flexibility index (Phi) is 8.29. The minimum Gasteiger partial charge on any atom is -0.493 e. The molecule has 0 saturated carbocycles.